The first-order valence-electron chi connectivity index (χ1n) is 9.10. The zero-order valence-corrected chi connectivity index (χ0v) is 16.3. The van der Waals surface area contributed by atoms with Gasteiger partial charge in [-0.2, -0.15) is 9.57 Å². The van der Waals surface area contributed by atoms with Gasteiger partial charge in [-0.25, -0.2) is 8.42 Å². The van der Waals surface area contributed by atoms with Gasteiger partial charge in [0.05, 0.1) is 28.4 Å². The van der Waals surface area contributed by atoms with Gasteiger partial charge >= 0.3 is 5.91 Å². The van der Waals surface area contributed by atoms with E-state index >= 15 is 0 Å². The standard InChI is InChI=1S/C20H18N4O4S/c21-13-15-5-1-4-8-18(15)29(27,28)23-11-9-22(10-12-23)14-24-17-7-3-2-6-16(17)19(25)20(24)26/h1-8H,9-12,14H2. The van der Waals surface area contributed by atoms with Crippen molar-refractivity contribution < 1.29 is 18.0 Å². The van der Waals surface area contributed by atoms with Crippen molar-refractivity contribution in [1.29, 1.82) is 5.26 Å². The van der Waals surface area contributed by atoms with Gasteiger partial charge in [0, 0.05) is 26.2 Å². The number of anilines is 1. The van der Waals surface area contributed by atoms with Crippen LogP contribution in [-0.2, 0) is 14.8 Å². The van der Waals surface area contributed by atoms with Crippen LogP contribution in [-0.4, -0.2) is 62.2 Å². The van der Waals surface area contributed by atoms with Crippen molar-refractivity contribution in [3.63, 3.8) is 0 Å². The molecule has 1 fully saturated rings. The van der Waals surface area contributed by atoms with Gasteiger partial charge < -0.3 is 0 Å². The first-order chi connectivity index (χ1) is 13.9. The molecule has 0 saturated carbocycles. The number of benzene rings is 2. The Bertz CT molecular complexity index is 1130. The Labute approximate surface area is 168 Å². The summed E-state index contributed by atoms with van der Waals surface area (Å²) >= 11 is 0. The molecule has 2 heterocycles. The summed E-state index contributed by atoms with van der Waals surface area (Å²) < 4.78 is 27.2. The Morgan fingerprint density at radius 2 is 1.59 bits per heavy atom. The van der Waals surface area contributed by atoms with Crippen LogP contribution in [0.4, 0.5) is 5.69 Å². The molecular weight excluding hydrogens is 392 g/mol. The van der Waals surface area contributed by atoms with Crippen LogP contribution in [0.1, 0.15) is 15.9 Å². The van der Waals surface area contributed by atoms with Gasteiger partial charge in [0.1, 0.15) is 6.07 Å². The molecule has 2 aliphatic heterocycles. The molecule has 29 heavy (non-hydrogen) atoms. The largest absolute Gasteiger partial charge is 0.300 e. The van der Waals surface area contributed by atoms with E-state index in [1.807, 2.05) is 11.0 Å². The van der Waals surface area contributed by atoms with Gasteiger partial charge in [-0.3, -0.25) is 19.4 Å². The van der Waals surface area contributed by atoms with Crippen LogP contribution in [0, 0.1) is 11.3 Å². The van der Waals surface area contributed by atoms with Gasteiger partial charge in [-0.05, 0) is 24.3 Å². The summed E-state index contributed by atoms with van der Waals surface area (Å²) in [6, 6.07) is 14.9. The fourth-order valence-electron chi connectivity index (χ4n) is 3.62. The van der Waals surface area contributed by atoms with Crippen LogP contribution in [0.3, 0.4) is 0 Å². The molecule has 1 amide bonds. The summed E-state index contributed by atoms with van der Waals surface area (Å²) in [7, 11) is -3.77. The molecule has 9 heteroatoms. The number of nitriles is 1. The van der Waals surface area contributed by atoms with E-state index in [0.717, 1.165) is 0 Å². The Hall–Kier alpha value is -3.06. The van der Waals surface area contributed by atoms with Gasteiger partial charge in [0.25, 0.3) is 5.78 Å². The number of carbonyl (C=O) groups excluding carboxylic acids is 2. The number of hydrogen-bond donors (Lipinski definition) is 0. The molecular formula is C20H18N4O4S. The highest BCUT2D eigenvalue weighted by atomic mass is 32.2. The molecule has 1 saturated heterocycles. The third-order valence-electron chi connectivity index (χ3n) is 5.18. The molecule has 4 rings (SSSR count). The first-order valence-corrected chi connectivity index (χ1v) is 10.5. The average Bonchev–Trinajstić information content (AvgIpc) is 2.99. The maximum Gasteiger partial charge on any atom is 0.300 e. The lowest BCUT2D eigenvalue weighted by atomic mass is 10.1. The highest BCUT2D eigenvalue weighted by molar-refractivity contribution is 7.89. The van der Waals surface area contributed by atoms with Crippen LogP contribution in [0.15, 0.2) is 53.4 Å². The highest BCUT2D eigenvalue weighted by Crippen LogP contribution is 2.29. The van der Waals surface area contributed by atoms with E-state index in [1.165, 1.54) is 21.3 Å². The van der Waals surface area contributed by atoms with E-state index in [-0.39, 0.29) is 30.2 Å². The number of fused-ring (bicyclic) bond motifs is 1. The number of hydrogen-bond acceptors (Lipinski definition) is 6. The summed E-state index contributed by atoms with van der Waals surface area (Å²) in [5, 5.41) is 9.20. The van der Waals surface area contributed by atoms with Gasteiger partial charge in [0.2, 0.25) is 10.0 Å². The van der Waals surface area contributed by atoms with E-state index in [0.29, 0.717) is 24.3 Å². The summed E-state index contributed by atoms with van der Waals surface area (Å²) in [5.41, 5.74) is 1.10. The molecule has 0 radical (unpaired) electrons. The summed E-state index contributed by atoms with van der Waals surface area (Å²) in [4.78, 5) is 27.8. The SMILES string of the molecule is N#Cc1ccccc1S(=O)(=O)N1CCN(CN2C(=O)C(=O)c3ccccc32)CC1. The van der Waals surface area contributed by atoms with Crippen molar-refractivity contribution >= 4 is 27.4 Å². The Balaban J connectivity index is 1.46. The molecule has 0 atom stereocenters. The van der Waals surface area contributed by atoms with Gasteiger partial charge in [0.15, 0.2) is 0 Å². The third kappa shape index (κ3) is 3.31. The lowest BCUT2D eigenvalue weighted by Crippen LogP contribution is -2.52. The smallest absolute Gasteiger partial charge is 0.291 e. The van der Waals surface area contributed by atoms with Crippen LogP contribution < -0.4 is 4.90 Å². The summed E-state index contributed by atoms with van der Waals surface area (Å²) in [5.74, 6) is -1.08. The van der Waals surface area contributed by atoms with Crippen LogP contribution in [0.25, 0.3) is 0 Å². The predicted molar refractivity (Wildman–Crippen MR) is 105 cm³/mol. The number of Topliss-reactive ketones (excluding diaryl/α,β-unsaturated/α-hetero) is 1. The number of rotatable bonds is 4. The van der Waals surface area contributed by atoms with Crippen molar-refractivity contribution in [2.24, 2.45) is 0 Å². The third-order valence-corrected chi connectivity index (χ3v) is 7.13. The number of amides is 1. The molecule has 0 aliphatic carbocycles. The molecule has 8 nitrogen and oxygen atoms in total. The molecule has 148 valence electrons. The number of piperazine rings is 1. The minimum absolute atomic E-state index is 0.00481. The van der Waals surface area contributed by atoms with E-state index in [1.54, 1.807) is 36.4 Å². The zero-order valence-electron chi connectivity index (χ0n) is 15.5. The van der Waals surface area contributed by atoms with E-state index in [4.69, 9.17) is 0 Å². The molecule has 2 aliphatic rings. The lowest BCUT2D eigenvalue weighted by Gasteiger charge is -2.35. The molecule has 0 aromatic heterocycles. The monoisotopic (exact) mass is 410 g/mol. The maximum atomic E-state index is 12.9. The molecule has 2 aromatic carbocycles. The van der Waals surface area contributed by atoms with Crippen molar-refractivity contribution in [2.45, 2.75) is 4.90 Å². The van der Waals surface area contributed by atoms with Crippen molar-refractivity contribution in [3.05, 3.63) is 59.7 Å². The minimum atomic E-state index is -3.77. The van der Waals surface area contributed by atoms with E-state index in [2.05, 4.69) is 0 Å². The molecule has 0 unspecified atom stereocenters. The Morgan fingerprint density at radius 1 is 0.931 bits per heavy atom. The predicted octanol–water partition coefficient (Wildman–Crippen LogP) is 1.05. The summed E-state index contributed by atoms with van der Waals surface area (Å²) in [6.45, 7) is 1.52. The lowest BCUT2D eigenvalue weighted by molar-refractivity contribution is -0.114. The van der Waals surface area contributed by atoms with E-state index in [9.17, 15) is 23.3 Å². The van der Waals surface area contributed by atoms with Crippen LogP contribution in [0.2, 0.25) is 0 Å². The number of para-hydroxylation sites is 1. The highest BCUT2D eigenvalue weighted by Gasteiger charge is 2.37. The van der Waals surface area contributed by atoms with Crippen molar-refractivity contribution in [3.8, 4) is 6.07 Å². The van der Waals surface area contributed by atoms with Crippen molar-refractivity contribution in [1.82, 2.24) is 9.21 Å². The number of sulfonamides is 1. The van der Waals surface area contributed by atoms with Crippen LogP contribution >= 0.6 is 0 Å². The van der Waals surface area contributed by atoms with Crippen molar-refractivity contribution in [2.75, 3.05) is 37.7 Å². The summed E-state index contributed by atoms with van der Waals surface area (Å²) in [6.07, 6.45) is 0. The van der Waals surface area contributed by atoms with E-state index < -0.39 is 21.7 Å². The van der Waals surface area contributed by atoms with Crippen LogP contribution in [0.5, 0.6) is 0 Å². The second kappa shape index (κ2) is 7.40. The average molecular weight is 410 g/mol. The quantitative estimate of drug-likeness (QED) is 0.699. The topological polar surface area (TPSA) is 102 Å². The molecule has 0 bridgehead atoms. The van der Waals surface area contributed by atoms with Gasteiger partial charge in [-0.15, -0.1) is 0 Å². The number of ketones is 1. The second-order valence-corrected chi connectivity index (χ2v) is 8.76. The second-order valence-electron chi connectivity index (χ2n) is 6.85. The Morgan fingerprint density at radius 3 is 2.31 bits per heavy atom. The Kier molecular flexibility index (Phi) is 4.92. The maximum absolute atomic E-state index is 12.9. The number of nitrogens with zero attached hydrogens (tertiary/aromatic N) is 4. The zero-order chi connectivity index (χ0) is 20.6. The molecule has 0 N–H and O–H groups in total. The fourth-order valence-corrected chi connectivity index (χ4v) is 5.19. The number of carbonyl (C=O) groups is 2. The minimum Gasteiger partial charge on any atom is -0.291 e. The normalized spacial score (nSPS) is 18.0. The molecule has 0 spiro atoms. The fraction of sp³-hybridized carbons (Fsp3) is 0.250. The molecule has 2 aromatic rings. The van der Waals surface area contributed by atoms with Gasteiger partial charge in [-0.1, -0.05) is 24.3 Å². The first kappa shape index (κ1) is 19.3.